The van der Waals surface area contributed by atoms with E-state index < -0.39 is 29.7 Å². The van der Waals surface area contributed by atoms with Gasteiger partial charge in [0.05, 0.1) is 7.11 Å². The van der Waals surface area contributed by atoms with Crippen molar-refractivity contribution in [3.8, 4) is 5.75 Å². The summed E-state index contributed by atoms with van der Waals surface area (Å²) in [6, 6.07) is 14.3. The second-order valence-corrected chi connectivity index (χ2v) is 5.95. The molecule has 3 aromatic rings. The molecule has 0 bridgehead atoms. The topological polar surface area (TPSA) is 102 Å². The lowest BCUT2D eigenvalue weighted by Gasteiger charge is -2.09. The molecule has 8 nitrogen and oxygen atoms in total. The highest BCUT2D eigenvalue weighted by molar-refractivity contribution is 6.02. The molecule has 0 unspecified atom stereocenters. The number of halogens is 1. The SMILES string of the molecule is COc1ccc(NC(=O)c2ccc(=O)n(CC(=O)Nc3ccc(F)cc3)n2)cc1. The Morgan fingerprint density at radius 1 is 0.966 bits per heavy atom. The summed E-state index contributed by atoms with van der Waals surface area (Å²) in [5.74, 6) is -0.875. The van der Waals surface area contributed by atoms with Gasteiger partial charge in [0, 0.05) is 17.4 Å². The lowest BCUT2D eigenvalue weighted by Crippen LogP contribution is -2.31. The Morgan fingerprint density at radius 3 is 2.24 bits per heavy atom. The van der Waals surface area contributed by atoms with Crippen LogP contribution in [0.5, 0.6) is 5.75 Å². The zero-order valence-electron chi connectivity index (χ0n) is 15.4. The summed E-state index contributed by atoms with van der Waals surface area (Å²) in [6.07, 6.45) is 0. The molecular weight excluding hydrogens is 379 g/mol. The number of methoxy groups -OCH3 is 1. The molecule has 1 heterocycles. The van der Waals surface area contributed by atoms with E-state index in [1.807, 2.05) is 0 Å². The molecule has 0 aliphatic heterocycles. The summed E-state index contributed by atoms with van der Waals surface area (Å²) in [4.78, 5) is 36.5. The van der Waals surface area contributed by atoms with Crippen LogP contribution in [0.4, 0.5) is 15.8 Å². The Labute approximate surface area is 164 Å². The summed E-state index contributed by atoms with van der Waals surface area (Å²) < 4.78 is 18.9. The molecule has 0 fully saturated rings. The first-order valence-electron chi connectivity index (χ1n) is 8.53. The van der Waals surface area contributed by atoms with Crippen molar-refractivity contribution >= 4 is 23.2 Å². The first-order valence-corrected chi connectivity index (χ1v) is 8.53. The molecule has 0 aliphatic rings. The van der Waals surface area contributed by atoms with Gasteiger partial charge in [-0.25, -0.2) is 9.07 Å². The molecule has 2 N–H and O–H groups in total. The first kappa shape index (κ1) is 19.7. The number of aromatic nitrogens is 2. The van der Waals surface area contributed by atoms with Gasteiger partial charge in [-0.05, 0) is 54.6 Å². The van der Waals surface area contributed by atoms with Gasteiger partial charge < -0.3 is 15.4 Å². The van der Waals surface area contributed by atoms with Crippen molar-refractivity contribution in [2.24, 2.45) is 0 Å². The highest BCUT2D eigenvalue weighted by atomic mass is 19.1. The van der Waals surface area contributed by atoms with Crippen LogP contribution < -0.4 is 20.9 Å². The Morgan fingerprint density at radius 2 is 1.59 bits per heavy atom. The maximum Gasteiger partial charge on any atom is 0.276 e. The Kier molecular flexibility index (Phi) is 5.98. The minimum absolute atomic E-state index is 0.0324. The molecule has 148 valence electrons. The Hall–Kier alpha value is -4.01. The fourth-order valence-corrected chi connectivity index (χ4v) is 2.42. The molecule has 0 atom stereocenters. The van der Waals surface area contributed by atoms with Gasteiger partial charge in [-0.3, -0.25) is 14.4 Å². The number of carbonyl (C=O) groups excluding carboxylic acids is 2. The van der Waals surface area contributed by atoms with Gasteiger partial charge in [0.1, 0.15) is 23.8 Å². The van der Waals surface area contributed by atoms with Crippen LogP contribution >= 0.6 is 0 Å². The summed E-state index contributed by atoms with van der Waals surface area (Å²) >= 11 is 0. The van der Waals surface area contributed by atoms with E-state index >= 15 is 0 Å². The molecule has 9 heteroatoms. The highest BCUT2D eigenvalue weighted by Gasteiger charge is 2.12. The number of hydrogen-bond acceptors (Lipinski definition) is 5. The molecule has 2 amide bonds. The van der Waals surface area contributed by atoms with Gasteiger partial charge in [0.2, 0.25) is 5.91 Å². The monoisotopic (exact) mass is 396 g/mol. The molecule has 2 aromatic carbocycles. The smallest absolute Gasteiger partial charge is 0.276 e. The van der Waals surface area contributed by atoms with E-state index in [0.717, 1.165) is 10.7 Å². The lowest BCUT2D eigenvalue weighted by molar-refractivity contribution is -0.117. The van der Waals surface area contributed by atoms with Crippen LogP contribution in [0, 0.1) is 5.82 Å². The number of benzene rings is 2. The van der Waals surface area contributed by atoms with Crippen LogP contribution in [-0.2, 0) is 11.3 Å². The van der Waals surface area contributed by atoms with Crippen molar-refractivity contribution in [1.82, 2.24) is 9.78 Å². The predicted molar refractivity (Wildman–Crippen MR) is 104 cm³/mol. The molecule has 0 saturated carbocycles. The molecule has 29 heavy (non-hydrogen) atoms. The minimum Gasteiger partial charge on any atom is -0.497 e. The van der Waals surface area contributed by atoms with Crippen molar-refractivity contribution in [1.29, 1.82) is 0 Å². The zero-order valence-corrected chi connectivity index (χ0v) is 15.4. The number of nitrogens with one attached hydrogen (secondary N) is 2. The van der Waals surface area contributed by atoms with Crippen molar-refractivity contribution in [2.45, 2.75) is 6.54 Å². The summed E-state index contributed by atoms with van der Waals surface area (Å²) in [5.41, 5.74) is 0.317. The van der Waals surface area contributed by atoms with Crippen molar-refractivity contribution in [2.75, 3.05) is 17.7 Å². The minimum atomic E-state index is -0.543. The number of anilines is 2. The van der Waals surface area contributed by atoms with E-state index in [2.05, 4.69) is 15.7 Å². The summed E-state index contributed by atoms with van der Waals surface area (Å²) in [5, 5.41) is 9.12. The number of hydrogen-bond donors (Lipinski definition) is 2. The number of ether oxygens (including phenoxy) is 1. The second-order valence-electron chi connectivity index (χ2n) is 5.95. The van der Waals surface area contributed by atoms with E-state index in [1.54, 1.807) is 24.3 Å². The number of rotatable bonds is 6. The maximum absolute atomic E-state index is 12.9. The number of amides is 2. The normalized spacial score (nSPS) is 10.3. The van der Waals surface area contributed by atoms with E-state index in [9.17, 15) is 18.8 Å². The average molecular weight is 396 g/mol. The Balaban J connectivity index is 1.69. The van der Waals surface area contributed by atoms with E-state index in [1.165, 1.54) is 37.4 Å². The van der Waals surface area contributed by atoms with E-state index in [-0.39, 0.29) is 5.69 Å². The third kappa shape index (κ3) is 5.25. The fourth-order valence-electron chi connectivity index (χ4n) is 2.42. The van der Waals surface area contributed by atoms with Gasteiger partial charge in [-0.1, -0.05) is 0 Å². The van der Waals surface area contributed by atoms with E-state index in [0.29, 0.717) is 17.1 Å². The van der Waals surface area contributed by atoms with Crippen LogP contribution in [0.15, 0.2) is 65.5 Å². The largest absolute Gasteiger partial charge is 0.497 e. The number of carbonyl (C=O) groups is 2. The molecule has 0 saturated heterocycles. The van der Waals surface area contributed by atoms with Crippen LogP contribution in [0.1, 0.15) is 10.5 Å². The van der Waals surface area contributed by atoms with Gasteiger partial charge in [-0.2, -0.15) is 5.10 Å². The molecule has 3 rings (SSSR count). The van der Waals surface area contributed by atoms with Crippen LogP contribution in [0.25, 0.3) is 0 Å². The standard InChI is InChI=1S/C20H17FN4O4/c1-29-16-8-6-15(7-9-16)23-20(28)17-10-11-19(27)25(24-17)12-18(26)22-14-4-2-13(21)3-5-14/h2-11H,12H2,1H3,(H,22,26)(H,23,28). The molecule has 0 aliphatic carbocycles. The molecule has 0 radical (unpaired) electrons. The maximum atomic E-state index is 12.9. The predicted octanol–water partition coefficient (Wildman–Crippen LogP) is 2.28. The fraction of sp³-hybridized carbons (Fsp3) is 0.100. The highest BCUT2D eigenvalue weighted by Crippen LogP contribution is 2.15. The van der Waals surface area contributed by atoms with Crippen molar-refractivity contribution in [3.63, 3.8) is 0 Å². The van der Waals surface area contributed by atoms with Crippen LogP contribution in [0.2, 0.25) is 0 Å². The molecule has 0 spiro atoms. The van der Waals surface area contributed by atoms with Gasteiger partial charge in [0.25, 0.3) is 11.5 Å². The lowest BCUT2D eigenvalue weighted by atomic mass is 10.3. The van der Waals surface area contributed by atoms with Gasteiger partial charge >= 0.3 is 0 Å². The third-order valence-corrected chi connectivity index (χ3v) is 3.87. The first-order chi connectivity index (χ1) is 13.9. The quantitative estimate of drug-likeness (QED) is 0.666. The summed E-state index contributed by atoms with van der Waals surface area (Å²) in [7, 11) is 1.53. The van der Waals surface area contributed by atoms with Crippen molar-refractivity contribution in [3.05, 3.63) is 82.5 Å². The third-order valence-electron chi connectivity index (χ3n) is 3.87. The second kappa shape index (κ2) is 8.79. The van der Waals surface area contributed by atoms with Crippen molar-refractivity contribution < 1.29 is 18.7 Å². The van der Waals surface area contributed by atoms with Gasteiger partial charge in [0.15, 0.2) is 0 Å². The zero-order chi connectivity index (χ0) is 20.8. The summed E-state index contributed by atoms with van der Waals surface area (Å²) in [6.45, 7) is -0.403. The van der Waals surface area contributed by atoms with Gasteiger partial charge in [-0.15, -0.1) is 0 Å². The average Bonchev–Trinajstić information content (AvgIpc) is 2.72. The van der Waals surface area contributed by atoms with E-state index in [4.69, 9.17) is 4.74 Å². The van der Waals surface area contributed by atoms with Crippen LogP contribution in [-0.4, -0.2) is 28.7 Å². The number of nitrogens with zero attached hydrogens (tertiary/aromatic N) is 2. The molecule has 1 aromatic heterocycles. The molecular formula is C20H17FN4O4. The van der Waals surface area contributed by atoms with Crippen LogP contribution in [0.3, 0.4) is 0 Å². The Bertz CT molecular complexity index is 1080.